The number of benzene rings is 1. The molecule has 0 spiro atoms. The Bertz CT molecular complexity index is 563. The number of fused-ring (bicyclic) bond motifs is 1. The molecule has 0 aliphatic carbocycles. The minimum atomic E-state index is 0.0113. The summed E-state index contributed by atoms with van der Waals surface area (Å²) in [7, 11) is 1.63. The van der Waals surface area contributed by atoms with Crippen molar-refractivity contribution < 1.29 is 9.53 Å². The molecule has 0 radical (unpaired) electrons. The van der Waals surface area contributed by atoms with Gasteiger partial charge in [0.2, 0.25) is 5.91 Å². The lowest BCUT2D eigenvalue weighted by Crippen LogP contribution is -2.27. The molecule has 0 saturated carbocycles. The minimum absolute atomic E-state index is 0.0113. The van der Waals surface area contributed by atoms with E-state index in [-0.39, 0.29) is 5.91 Å². The second-order valence-corrected chi connectivity index (χ2v) is 4.37. The van der Waals surface area contributed by atoms with E-state index in [4.69, 9.17) is 10.5 Å². The van der Waals surface area contributed by atoms with Crippen LogP contribution in [-0.4, -0.2) is 31.1 Å². The Balaban J connectivity index is 2.11. The fraction of sp³-hybridized carbons (Fsp3) is 0.357. The number of para-hydroxylation sites is 1. The maximum atomic E-state index is 11.8. The van der Waals surface area contributed by atoms with E-state index >= 15 is 0 Å². The number of aromatic amines is 1. The van der Waals surface area contributed by atoms with Crippen LogP contribution in [0.15, 0.2) is 24.4 Å². The summed E-state index contributed by atoms with van der Waals surface area (Å²) in [5.74, 6) is 0.796. The van der Waals surface area contributed by atoms with Crippen LogP contribution in [0.4, 0.5) is 0 Å². The van der Waals surface area contributed by atoms with Crippen LogP contribution in [0.1, 0.15) is 12.0 Å². The van der Waals surface area contributed by atoms with E-state index in [9.17, 15) is 4.79 Å². The van der Waals surface area contributed by atoms with E-state index < -0.39 is 0 Å². The van der Waals surface area contributed by atoms with Crippen molar-refractivity contribution in [1.82, 2.24) is 10.3 Å². The molecule has 5 heteroatoms. The molecule has 2 aromatic rings. The number of amides is 1. The van der Waals surface area contributed by atoms with Gasteiger partial charge in [0, 0.05) is 18.1 Å². The fourth-order valence-electron chi connectivity index (χ4n) is 2.07. The molecule has 0 aliphatic rings. The van der Waals surface area contributed by atoms with Crippen molar-refractivity contribution in [2.45, 2.75) is 12.8 Å². The quantitative estimate of drug-likeness (QED) is 0.683. The maximum absolute atomic E-state index is 11.8. The third-order valence-electron chi connectivity index (χ3n) is 3.04. The largest absolute Gasteiger partial charge is 0.495 e. The van der Waals surface area contributed by atoms with Gasteiger partial charge in [-0.2, -0.15) is 0 Å². The molecule has 1 aromatic carbocycles. The van der Waals surface area contributed by atoms with E-state index in [1.54, 1.807) is 7.11 Å². The van der Waals surface area contributed by atoms with Crippen molar-refractivity contribution in [2.24, 2.45) is 5.73 Å². The second kappa shape index (κ2) is 6.24. The number of H-pyrrole nitrogens is 1. The van der Waals surface area contributed by atoms with Crippen LogP contribution in [0.3, 0.4) is 0 Å². The number of carbonyl (C=O) groups is 1. The summed E-state index contributed by atoms with van der Waals surface area (Å²) in [5.41, 5.74) is 7.28. The number of hydrogen-bond donors (Lipinski definition) is 3. The van der Waals surface area contributed by atoms with Crippen LogP contribution >= 0.6 is 0 Å². The van der Waals surface area contributed by atoms with Gasteiger partial charge < -0.3 is 20.8 Å². The van der Waals surface area contributed by atoms with E-state index in [1.165, 1.54) is 0 Å². The predicted octanol–water partition coefficient (Wildman–Crippen LogP) is 1.18. The van der Waals surface area contributed by atoms with Gasteiger partial charge in [-0.3, -0.25) is 4.79 Å². The highest BCUT2D eigenvalue weighted by Gasteiger charge is 2.10. The van der Waals surface area contributed by atoms with Crippen LogP contribution in [0.5, 0.6) is 5.75 Å². The van der Waals surface area contributed by atoms with Crippen molar-refractivity contribution in [3.63, 3.8) is 0 Å². The summed E-state index contributed by atoms with van der Waals surface area (Å²) in [6, 6.07) is 5.80. The Morgan fingerprint density at radius 3 is 3.05 bits per heavy atom. The number of carbonyl (C=O) groups excluding carboxylic acids is 1. The number of nitrogens with two attached hydrogens (primary N) is 1. The summed E-state index contributed by atoms with van der Waals surface area (Å²) in [4.78, 5) is 14.9. The molecule has 0 bridgehead atoms. The number of rotatable bonds is 6. The van der Waals surface area contributed by atoms with Crippen LogP contribution in [0.2, 0.25) is 0 Å². The smallest absolute Gasteiger partial charge is 0.224 e. The Morgan fingerprint density at radius 1 is 1.47 bits per heavy atom. The Morgan fingerprint density at radius 2 is 2.32 bits per heavy atom. The molecule has 1 amide bonds. The van der Waals surface area contributed by atoms with E-state index in [0.29, 0.717) is 19.5 Å². The van der Waals surface area contributed by atoms with Gasteiger partial charge in [-0.1, -0.05) is 12.1 Å². The summed E-state index contributed by atoms with van der Waals surface area (Å²) >= 11 is 0. The summed E-state index contributed by atoms with van der Waals surface area (Å²) in [5, 5.41) is 3.87. The molecular weight excluding hydrogens is 242 g/mol. The highest BCUT2D eigenvalue weighted by atomic mass is 16.5. The normalized spacial score (nSPS) is 10.6. The lowest BCUT2D eigenvalue weighted by atomic mass is 10.1. The molecule has 5 nitrogen and oxygen atoms in total. The lowest BCUT2D eigenvalue weighted by molar-refractivity contribution is -0.120. The predicted molar refractivity (Wildman–Crippen MR) is 75.2 cm³/mol. The molecule has 19 heavy (non-hydrogen) atoms. The average molecular weight is 261 g/mol. The number of methoxy groups -OCH3 is 1. The SMILES string of the molecule is COc1cccc2c(CC(=O)NCCCN)c[nH]c12. The number of nitrogens with one attached hydrogen (secondary N) is 2. The van der Waals surface area contributed by atoms with Crippen molar-refractivity contribution in [1.29, 1.82) is 0 Å². The molecule has 0 atom stereocenters. The van der Waals surface area contributed by atoms with E-state index in [0.717, 1.165) is 28.6 Å². The summed E-state index contributed by atoms with van der Waals surface area (Å²) < 4.78 is 5.28. The summed E-state index contributed by atoms with van der Waals surface area (Å²) in [6.45, 7) is 1.21. The minimum Gasteiger partial charge on any atom is -0.495 e. The van der Waals surface area contributed by atoms with Gasteiger partial charge in [0.15, 0.2) is 0 Å². The van der Waals surface area contributed by atoms with Crippen LogP contribution in [-0.2, 0) is 11.2 Å². The molecule has 2 rings (SSSR count). The third-order valence-corrected chi connectivity index (χ3v) is 3.04. The van der Waals surface area contributed by atoms with Gasteiger partial charge in [0.25, 0.3) is 0 Å². The molecule has 1 aromatic heterocycles. The van der Waals surface area contributed by atoms with Gasteiger partial charge in [-0.25, -0.2) is 0 Å². The first kappa shape index (κ1) is 13.4. The number of ether oxygens (including phenoxy) is 1. The molecular formula is C14H19N3O2. The molecule has 0 aliphatic heterocycles. The summed E-state index contributed by atoms with van der Waals surface area (Å²) in [6.07, 6.45) is 3.01. The second-order valence-electron chi connectivity index (χ2n) is 4.37. The zero-order valence-electron chi connectivity index (χ0n) is 11.0. The highest BCUT2D eigenvalue weighted by molar-refractivity contribution is 5.92. The van der Waals surface area contributed by atoms with Crippen molar-refractivity contribution in [3.8, 4) is 5.75 Å². The molecule has 1 heterocycles. The Hall–Kier alpha value is -2.01. The van der Waals surface area contributed by atoms with Crippen LogP contribution in [0, 0.1) is 0 Å². The molecule has 0 saturated heterocycles. The Kier molecular flexibility index (Phi) is 4.41. The van der Waals surface area contributed by atoms with Gasteiger partial charge in [-0.05, 0) is 24.6 Å². The Labute approximate surface area is 112 Å². The molecule has 4 N–H and O–H groups in total. The number of hydrogen-bond acceptors (Lipinski definition) is 3. The van der Waals surface area contributed by atoms with Crippen molar-refractivity contribution in [2.75, 3.05) is 20.2 Å². The highest BCUT2D eigenvalue weighted by Crippen LogP contribution is 2.27. The number of aromatic nitrogens is 1. The van der Waals surface area contributed by atoms with Gasteiger partial charge in [0.1, 0.15) is 5.75 Å². The van der Waals surface area contributed by atoms with Crippen molar-refractivity contribution in [3.05, 3.63) is 30.0 Å². The first-order chi connectivity index (χ1) is 9.26. The molecule has 0 unspecified atom stereocenters. The lowest BCUT2D eigenvalue weighted by Gasteiger charge is -2.04. The fourth-order valence-corrected chi connectivity index (χ4v) is 2.07. The van der Waals surface area contributed by atoms with Crippen molar-refractivity contribution >= 4 is 16.8 Å². The van der Waals surface area contributed by atoms with Gasteiger partial charge in [-0.15, -0.1) is 0 Å². The standard InChI is InChI=1S/C14H19N3O2/c1-19-12-5-2-4-11-10(9-17-14(11)12)8-13(18)16-7-3-6-15/h2,4-5,9,17H,3,6-8,15H2,1H3,(H,16,18). The van der Waals surface area contributed by atoms with Gasteiger partial charge in [0.05, 0.1) is 19.0 Å². The zero-order chi connectivity index (χ0) is 13.7. The maximum Gasteiger partial charge on any atom is 0.224 e. The van der Waals surface area contributed by atoms with Crippen LogP contribution < -0.4 is 15.8 Å². The molecule has 102 valence electrons. The first-order valence-electron chi connectivity index (χ1n) is 6.36. The van der Waals surface area contributed by atoms with E-state index in [2.05, 4.69) is 10.3 Å². The zero-order valence-corrected chi connectivity index (χ0v) is 11.0. The van der Waals surface area contributed by atoms with Gasteiger partial charge >= 0.3 is 0 Å². The topological polar surface area (TPSA) is 80.1 Å². The third kappa shape index (κ3) is 3.06. The van der Waals surface area contributed by atoms with Crippen LogP contribution in [0.25, 0.3) is 10.9 Å². The average Bonchev–Trinajstić information content (AvgIpc) is 2.82. The first-order valence-corrected chi connectivity index (χ1v) is 6.36. The van der Waals surface area contributed by atoms with E-state index in [1.807, 2.05) is 24.4 Å². The monoisotopic (exact) mass is 261 g/mol. The molecule has 0 fully saturated rings.